The van der Waals surface area contributed by atoms with Gasteiger partial charge in [-0.05, 0) is 41.4 Å². The van der Waals surface area contributed by atoms with Crippen LogP contribution in [0.15, 0.2) is 21.2 Å². The summed E-state index contributed by atoms with van der Waals surface area (Å²) in [6.07, 6.45) is 0.758. The Morgan fingerprint density at radius 1 is 1.67 bits per heavy atom. The molecule has 6 heteroatoms. The average molecular weight is 298 g/mol. The largest absolute Gasteiger partial charge is 0.444 e. The van der Waals surface area contributed by atoms with Crippen molar-refractivity contribution in [3.8, 4) is 0 Å². The molecule has 4 nitrogen and oxygen atoms in total. The second kappa shape index (κ2) is 6.87. The fourth-order valence-electron chi connectivity index (χ4n) is 0.937. The van der Waals surface area contributed by atoms with Crippen molar-refractivity contribution in [1.82, 2.24) is 5.32 Å². The number of amides is 1. The van der Waals surface area contributed by atoms with Crippen LogP contribution in [0.25, 0.3) is 0 Å². The van der Waals surface area contributed by atoms with E-state index in [1.807, 2.05) is 6.92 Å². The molecule has 1 aromatic rings. The van der Waals surface area contributed by atoms with E-state index < -0.39 is 0 Å². The van der Waals surface area contributed by atoms with E-state index >= 15 is 0 Å². The summed E-state index contributed by atoms with van der Waals surface area (Å²) in [5.74, 6) is 0.0953. The third-order valence-corrected chi connectivity index (χ3v) is 2.11. The minimum atomic E-state index is -0.212. The van der Waals surface area contributed by atoms with Crippen molar-refractivity contribution in [2.75, 3.05) is 6.54 Å². The Morgan fingerprint density at radius 3 is 2.80 bits per heavy atom. The SMILES string of the molecule is CC(N)CCNC(=O)c1ccc(Br)o1.Cl. The lowest BCUT2D eigenvalue weighted by molar-refractivity contribution is 0.0924. The molecule has 0 saturated carbocycles. The van der Waals surface area contributed by atoms with Crippen LogP contribution >= 0.6 is 28.3 Å². The minimum absolute atomic E-state index is 0. The minimum Gasteiger partial charge on any atom is -0.444 e. The Kier molecular flexibility index (Phi) is 6.63. The van der Waals surface area contributed by atoms with Gasteiger partial charge in [0, 0.05) is 12.6 Å². The molecule has 0 fully saturated rings. The van der Waals surface area contributed by atoms with Crippen LogP contribution in [0.2, 0.25) is 0 Å². The highest BCUT2D eigenvalue weighted by molar-refractivity contribution is 9.10. The molecule has 1 rings (SSSR count). The third-order valence-electron chi connectivity index (χ3n) is 1.68. The summed E-state index contributed by atoms with van der Waals surface area (Å²) in [4.78, 5) is 11.4. The molecule has 0 aliphatic rings. The van der Waals surface area contributed by atoms with Crippen LogP contribution in [0, 0.1) is 0 Å². The van der Waals surface area contributed by atoms with Gasteiger partial charge in [-0.1, -0.05) is 0 Å². The van der Waals surface area contributed by atoms with Gasteiger partial charge in [0.2, 0.25) is 0 Å². The molecule has 0 aliphatic heterocycles. The van der Waals surface area contributed by atoms with Crippen LogP contribution < -0.4 is 11.1 Å². The summed E-state index contributed by atoms with van der Waals surface area (Å²) in [6.45, 7) is 2.46. The van der Waals surface area contributed by atoms with Gasteiger partial charge in [-0.25, -0.2) is 0 Å². The highest BCUT2D eigenvalue weighted by atomic mass is 79.9. The zero-order valence-electron chi connectivity index (χ0n) is 8.33. The van der Waals surface area contributed by atoms with Crippen LogP contribution in [0.1, 0.15) is 23.9 Å². The molecule has 86 valence electrons. The lowest BCUT2D eigenvalue weighted by Crippen LogP contribution is -2.28. The summed E-state index contributed by atoms with van der Waals surface area (Å²) < 4.78 is 5.63. The number of carbonyl (C=O) groups excluding carboxylic acids is 1. The molecule has 0 aliphatic carbocycles. The van der Waals surface area contributed by atoms with Gasteiger partial charge in [0.15, 0.2) is 10.4 Å². The van der Waals surface area contributed by atoms with E-state index in [0.29, 0.717) is 17.0 Å². The molecule has 1 unspecified atom stereocenters. The smallest absolute Gasteiger partial charge is 0.287 e. The molecular weight excluding hydrogens is 283 g/mol. The molecule has 0 spiro atoms. The number of nitrogens with one attached hydrogen (secondary N) is 1. The molecule has 1 atom stereocenters. The zero-order chi connectivity index (χ0) is 10.6. The monoisotopic (exact) mass is 296 g/mol. The summed E-state index contributed by atoms with van der Waals surface area (Å²) in [5, 5.41) is 2.71. The van der Waals surface area contributed by atoms with Crippen molar-refractivity contribution in [2.24, 2.45) is 5.73 Å². The van der Waals surface area contributed by atoms with E-state index in [0.717, 1.165) is 6.42 Å². The number of nitrogens with two attached hydrogens (primary N) is 1. The Bertz CT molecular complexity index is 315. The second-order valence-electron chi connectivity index (χ2n) is 3.13. The standard InChI is InChI=1S/C9H13BrN2O2.ClH/c1-6(11)4-5-12-9(13)7-2-3-8(10)14-7;/h2-3,6H,4-5,11H2,1H3,(H,12,13);1H. The van der Waals surface area contributed by atoms with Crippen molar-refractivity contribution >= 4 is 34.2 Å². The predicted octanol–water partition coefficient (Wildman–Crippen LogP) is 1.93. The lowest BCUT2D eigenvalue weighted by atomic mass is 10.2. The number of rotatable bonds is 4. The van der Waals surface area contributed by atoms with Gasteiger partial charge in [-0.15, -0.1) is 12.4 Å². The van der Waals surface area contributed by atoms with E-state index in [-0.39, 0.29) is 24.4 Å². The van der Waals surface area contributed by atoms with Crippen molar-refractivity contribution in [3.05, 3.63) is 22.6 Å². The number of hydrogen-bond donors (Lipinski definition) is 2. The van der Waals surface area contributed by atoms with E-state index in [9.17, 15) is 4.79 Å². The second-order valence-corrected chi connectivity index (χ2v) is 3.91. The van der Waals surface area contributed by atoms with Crippen molar-refractivity contribution in [2.45, 2.75) is 19.4 Å². The lowest BCUT2D eigenvalue weighted by Gasteiger charge is -2.05. The van der Waals surface area contributed by atoms with Crippen LogP contribution in [0.3, 0.4) is 0 Å². The first-order valence-electron chi connectivity index (χ1n) is 4.38. The van der Waals surface area contributed by atoms with Gasteiger partial charge in [-0.2, -0.15) is 0 Å². The summed E-state index contributed by atoms with van der Waals surface area (Å²) in [6, 6.07) is 3.39. The van der Waals surface area contributed by atoms with E-state index in [1.54, 1.807) is 12.1 Å². The molecule has 3 N–H and O–H groups in total. The Balaban J connectivity index is 0.00000196. The van der Waals surface area contributed by atoms with E-state index in [4.69, 9.17) is 10.2 Å². The van der Waals surface area contributed by atoms with Crippen molar-refractivity contribution in [1.29, 1.82) is 0 Å². The van der Waals surface area contributed by atoms with Crippen LogP contribution in [0.4, 0.5) is 0 Å². The molecular formula is C9H14BrClN2O2. The highest BCUT2D eigenvalue weighted by Crippen LogP contribution is 2.13. The molecule has 0 saturated heterocycles. The van der Waals surface area contributed by atoms with Gasteiger partial charge in [0.05, 0.1) is 0 Å². The maximum Gasteiger partial charge on any atom is 0.287 e. The quantitative estimate of drug-likeness (QED) is 0.892. The summed E-state index contributed by atoms with van der Waals surface area (Å²) in [5.41, 5.74) is 5.54. The number of furan rings is 1. The van der Waals surface area contributed by atoms with Crippen LogP contribution in [0.5, 0.6) is 0 Å². The average Bonchev–Trinajstić information content (AvgIpc) is 2.51. The number of hydrogen-bond acceptors (Lipinski definition) is 3. The zero-order valence-corrected chi connectivity index (χ0v) is 10.7. The molecule has 1 amide bonds. The van der Waals surface area contributed by atoms with Crippen molar-refractivity contribution < 1.29 is 9.21 Å². The number of carbonyl (C=O) groups is 1. The van der Waals surface area contributed by atoms with Gasteiger partial charge in [-0.3, -0.25) is 4.79 Å². The topological polar surface area (TPSA) is 68.3 Å². The van der Waals surface area contributed by atoms with Crippen LogP contribution in [-0.4, -0.2) is 18.5 Å². The normalized spacial score (nSPS) is 11.7. The third kappa shape index (κ3) is 5.20. The fourth-order valence-corrected chi connectivity index (χ4v) is 1.24. The Labute approximate surface area is 103 Å². The maximum atomic E-state index is 11.4. The fraction of sp³-hybridized carbons (Fsp3) is 0.444. The first kappa shape index (κ1) is 14.5. The molecule has 0 aromatic carbocycles. The maximum absolute atomic E-state index is 11.4. The molecule has 1 aromatic heterocycles. The van der Waals surface area contributed by atoms with Crippen molar-refractivity contribution in [3.63, 3.8) is 0 Å². The van der Waals surface area contributed by atoms with Gasteiger partial charge in [0.25, 0.3) is 5.91 Å². The van der Waals surface area contributed by atoms with E-state index in [1.165, 1.54) is 0 Å². The first-order chi connectivity index (χ1) is 6.59. The predicted molar refractivity (Wildman–Crippen MR) is 64.3 cm³/mol. The van der Waals surface area contributed by atoms with Gasteiger partial charge < -0.3 is 15.5 Å². The Morgan fingerprint density at radius 2 is 2.33 bits per heavy atom. The van der Waals surface area contributed by atoms with Gasteiger partial charge in [0.1, 0.15) is 0 Å². The molecule has 15 heavy (non-hydrogen) atoms. The van der Waals surface area contributed by atoms with Crippen LogP contribution in [-0.2, 0) is 0 Å². The summed E-state index contributed by atoms with van der Waals surface area (Å²) in [7, 11) is 0. The highest BCUT2D eigenvalue weighted by Gasteiger charge is 2.09. The Hall–Kier alpha value is -0.520. The summed E-state index contributed by atoms with van der Waals surface area (Å²) >= 11 is 3.13. The van der Waals surface area contributed by atoms with E-state index in [2.05, 4.69) is 21.2 Å². The molecule has 1 heterocycles. The van der Waals surface area contributed by atoms with Gasteiger partial charge >= 0.3 is 0 Å². The molecule has 0 bridgehead atoms. The first-order valence-corrected chi connectivity index (χ1v) is 5.18. The molecule has 0 radical (unpaired) electrons. The number of halogens is 2.